The van der Waals surface area contributed by atoms with E-state index in [1.165, 1.54) is 12.1 Å². The van der Waals surface area contributed by atoms with Gasteiger partial charge in [0.15, 0.2) is 11.5 Å². The van der Waals surface area contributed by atoms with Gasteiger partial charge in [-0.1, -0.05) is 29.8 Å². The van der Waals surface area contributed by atoms with Crippen LogP contribution in [0.5, 0.6) is 11.5 Å². The van der Waals surface area contributed by atoms with Gasteiger partial charge in [0.05, 0.1) is 12.1 Å². The van der Waals surface area contributed by atoms with Crippen LogP contribution in [0.4, 0.5) is 4.39 Å². The van der Waals surface area contributed by atoms with Crippen LogP contribution in [-0.2, 0) is 19.6 Å². The van der Waals surface area contributed by atoms with Crippen molar-refractivity contribution in [3.63, 3.8) is 0 Å². The Hall–Kier alpha value is -2.05. The van der Waals surface area contributed by atoms with Crippen molar-refractivity contribution >= 4 is 36.4 Å². The van der Waals surface area contributed by atoms with Crippen molar-refractivity contribution in [1.29, 1.82) is 0 Å². The van der Waals surface area contributed by atoms with E-state index in [-0.39, 0.29) is 30.6 Å². The molecule has 1 N–H and O–H groups in total. The third kappa shape index (κ3) is 7.65. The van der Waals surface area contributed by atoms with E-state index in [4.69, 9.17) is 21.1 Å². The number of nitrogens with zero attached hydrogens (tertiary/aromatic N) is 1. The van der Waals surface area contributed by atoms with Crippen molar-refractivity contribution < 1.29 is 13.9 Å². The minimum absolute atomic E-state index is 0. The van der Waals surface area contributed by atoms with Crippen molar-refractivity contribution in [3.05, 3.63) is 88.5 Å². The van der Waals surface area contributed by atoms with E-state index in [9.17, 15) is 4.39 Å². The molecule has 3 rings (SSSR count). The molecule has 4 nitrogen and oxygen atoms in total. The van der Waals surface area contributed by atoms with Crippen LogP contribution in [0.3, 0.4) is 0 Å². The molecule has 0 aliphatic carbocycles. The van der Waals surface area contributed by atoms with E-state index in [2.05, 4.69) is 10.3 Å². The Morgan fingerprint density at radius 3 is 2.47 bits per heavy atom. The highest BCUT2D eigenvalue weighted by atomic mass is 35.5. The molecule has 0 saturated carbocycles. The summed E-state index contributed by atoms with van der Waals surface area (Å²) in [5.41, 5.74) is 3.03. The lowest BCUT2D eigenvalue weighted by Crippen LogP contribution is -2.16. The highest BCUT2D eigenvalue weighted by Crippen LogP contribution is 2.37. The van der Waals surface area contributed by atoms with Crippen LogP contribution in [0.2, 0.25) is 5.02 Å². The average Bonchev–Trinajstić information content (AvgIpc) is 2.72. The molecule has 0 amide bonds. The minimum atomic E-state index is -0.218. The second-order valence-electron chi connectivity index (χ2n) is 6.31. The van der Waals surface area contributed by atoms with Gasteiger partial charge < -0.3 is 14.8 Å². The van der Waals surface area contributed by atoms with Gasteiger partial charge in [-0.2, -0.15) is 0 Å². The molecule has 2 aromatic carbocycles. The predicted octanol–water partition coefficient (Wildman–Crippen LogP) is 5.64. The molecule has 0 radical (unpaired) electrons. The van der Waals surface area contributed by atoms with Crippen LogP contribution < -0.4 is 14.8 Å². The number of hydrogen-bond donors (Lipinski definition) is 1. The summed E-state index contributed by atoms with van der Waals surface area (Å²) in [6.07, 6.45) is 4.28. The fourth-order valence-electron chi connectivity index (χ4n) is 2.77. The zero-order chi connectivity index (χ0) is 19.8. The number of rotatable bonds is 9. The Morgan fingerprint density at radius 2 is 1.80 bits per heavy atom. The monoisotopic (exact) mass is 472 g/mol. The SMILES string of the molecule is COc1cc(CNCCc2ccc(F)cc2)cc(Cl)c1OCc1cccnc1.Cl.Cl. The maximum absolute atomic E-state index is 12.9. The lowest BCUT2D eigenvalue weighted by molar-refractivity contribution is 0.284. The van der Waals surface area contributed by atoms with Gasteiger partial charge in [-0.25, -0.2) is 4.39 Å². The van der Waals surface area contributed by atoms with Gasteiger partial charge >= 0.3 is 0 Å². The van der Waals surface area contributed by atoms with Gasteiger partial charge in [0.2, 0.25) is 0 Å². The number of benzene rings is 2. The lowest BCUT2D eigenvalue weighted by Gasteiger charge is -2.14. The molecule has 0 atom stereocenters. The maximum Gasteiger partial charge on any atom is 0.180 e. The third-order valence-corrected chi connectivity index (χ3v) is 4.51. The molecule has 8 heteroatoms. The number of ether oxygens (including phenoxy) is 2. The largest absolute Gasteiger partial charge is 0.493 e. The summed E-state index contributed by atoms with van der Waals surface area (Å²) in [5, 5.41) is 3.86. The summed E-state index contributed by atoms with van der Waals surface area (Å²) in [6, 6.07) is 14.1. The van der Waals surface area contributed by atoms with Gasteiger partial charge in [0.1, 0.15) is 12.4 Å². The Kier molecular flexibility index (Phi) is 11.5. The molecule has 162 valence electrons. The summed E-state index contributed by atoms with van der Waals surface area (Å²) >= 11 is 6.42. The van der Waals surface area contributed by atoms with Gasteiger partial charge in [-0.3, -0.25) is 4.98 Å². The van der Waals surface area contributed by atoms with Crippen LogP contribution in [-0.4, -0.2) is 18.6 Å². The summed E-state index contributed by atoms with van der Waals surface area (Å²) in [5.74, 6) is 0.888. The number of pyridine rings is 1. The van der Waals surface area contributed by atoms with Gasteiger partial charge in [0, 0.05) is 24.5 Å². The van der Waals surface area contributed by atoms with Crippen molar-refractivity contribution in [2.75, 3.05) is 13.7 Å². The molecular weight excluding hydrogens is 450 g/mol. The van der Waals surface area contributed by atoms with Crippen LogP contribution in [0.15, 0.2) is 60.9 Å². The molecule has 0 spiro atoms. The van der Waals surface area contributed by atoms with E-state index < -0.39 is 0 Å². The molecule has 3 aromatic rings. The summed E-state index contributed by atoms with van der Waals surface area (Å²) < 4.78 is 24.2. The smallest absolute Gasteiger partial charge is 0.180 e. The maximum atomic E-state index is 12.9. The summed E-state index contributed by atoms with van der Waals surface area (Å²) in [6.45, 7) is 1.77. The second kappa shape index (κ2) is 13.3. The molecule has 0 unspecified atom stereocenters. The van der Waals surface area contributed by atoms with E-state index in [1.54, 1.807) is 31.6 Å². The van der Waals surface area contributed by atoms with Crippen molar-refractivity contribution in [3.8, 4) is 11.5 Å². The molecule has 0 saturated heterocycles. The fourth-order valence-corrected chi connectivity index (χ4v) is 3.06. The molecule has 30 heavy (non-hydrogen) atoms. The minimum Gasteiger partial charge on any atom is -0.493 e. The van der Waals surface area contributed by atoms with Crippen LogP contribution in [0.1, 0.15) is 16.7 Å². The van der Waals surface area contributed by atoms with Gasteiger partial charge in [-0.05, 0) is 54.4 Å². The molecule has 0 bridgehead atoms. The first-order chi connectivity index (χ1) is 13.7. The van der Waals surface area contributed by atoms with E-state index in [0.717, 1.165) is 29.7 Å². The quantitative estimate of drug-likeness (QED) is 0.409. The van der Waals surface area contributed by atoms with Gasteiger partial charge in [-0.15, -0.1) is 24.8 Å². The normalized spacial score (nSPS) is 9.97. The Bertz CT molecular complexity index is 897. The zero-order valence-electron chi connectivity index (χ0n) is 16.4. The van der Waals surface area contributed by atoms with Crippen molar-refractivity contribution in [1.82, 2.24) is 10.3 Å². The molecule has 1 aromatic heterocycles. The summed E-state index contributed by atoms with van der Waals surface area (Å²) in [4.78, 5) is 4.07. The Balaban J connectivity index is 0.00000225. The first-order valence-corrected chi connectivity index (χ1v) is 9.37. The average molecular weight is 474 g/mol. The molecule has 0 fully saturated rings. The highest BCUT2D eigenvalue weighted by Gasteiger charge is 2.12. The van der Waals surface area contributed by atoms with Crippen molar-refractivity contribution in [2.45, 2.75) is 19.6 Å². The van der Waals surface area contributed by atoms with E-state index >= 15 is 0 Å². The topological polar surface area (TPSA) is 43.4 Å². The molecule has 0 aliphatic rings. The standard InChI is InChI=1S/C22H22ClFN2O2.2ClH/c1-27-21-12-18(14-26-10-8-16-4-6-19(24)7-5-16)11-20(23)22(21)28-15-17-3-2-9-25-13-17;;/h2-7,9,11-13,26H,8,10,14-15H2,1H3;2*1H. The molecular formula is C22H24Cl3FN2O2. The predicted molar refractivity (Wildman–Crippen MR) is 123 cm³/mol. The number of halogens is 4. The highest BCUT2D eigenvalue weighted by molar-refractivity contribution is 6.32. The third-order valence-electron chi connectivity index (χ3n) is 4.23. The second-order valence-corrected chi connectivity index (χ2v) is 6.72. The van der Waals surface area contributed by atoms with E-state index in [1.807, 2.05) is 24.3 Å². The first-order valence-electron chi connectivity index (χ1n) is 8.99. The number of aromatic nitrogens is 1. The van der Waals surface area contributed by atoms with Crippen LogP contribution in [0, 0.1) is 5.82 Å². The molecule has 0 aliphatic heterocycles. The lowest BCUT2D eigenvalue weighted by atomic mass is 10.1. The van der Waals surface area contributed by atoms with Crippen molar-refractivity contribution in [2.24, 2.45) is 0 Å². The molecule has 1 heterocycles. The first kappa shape index (κ1) is 26.0. The van der Waals surface area contributed by atoms with Gasteiger partial charge in [0.25, 0.3) is 0 Å². The van der Waals surface area contributed by atoms with Crippen LogP contribution in [0.25, 0.3) is 0 Å². The zero-order valence-corrected chi connectivity index (χ0v) is 18.8. The summed E-state index contributed by atoms with van der Waals surface area (Å²) in [7, 11) is 1.59. The Labute approximate surface area is 193 Å². The Morgan fingerprint density at radius 1 is 1.03 bits per heavy atom. The number of nitrogens with one attached hydrogen (secondary N) is 1. The number of hydrogen-bond acceptors (Lipinski definition) is 4. The number of methoxy groups -OCH3 is 1. The van der Waals surface area contributed by atoms with E-state index in [0.29, 0.717) is 29.7 Å². The fraction of sp³-hybridized carbons (Fsp3) is 0.227. The van der Waals surface area contributed by atoms with Crippen LogP contribution >= 0.6 is 36.4 Å².